The van der Waals surface area contributed by atoms with Crippen molar-refractivity contribution in [2.75, 3.05) is 17.6 Å². The molecule has 5 atom stereocenters. The standard InChI is InChI=1S/C20H28N2O6S2/c1-2-3-4-5-11-21-20(29)22-13-6-8-14(9-7-13)27-19-18(25)17(24)16(23)15(28-19)10-12-30-26/h1,6-9,15-19,23-26H,3-5,10-12H2,(H2,21,22,29)/t15?,16-,17?,18?,19+/m1/s1. The van der Waals surface area contributed by atoms with Crippen molar-refractivity contribution in [3.05, 3.63) is 24.3 Å². The van der Waals surface area contributed by atoms with Crippen LogP contribution in [0.4, 0.5) is 5.69 Å². The highest BCUT2D eigenvalue weighted by molar-refractivity contribution is 7.93. The van der Waals surface area contributed by atoms with Crippen LogP contribution in [-0.4, -0.2) is 68.0 Å². The van der Waals surface area contributed by atoms with Crippen molar-refractivity contribution in [1.82, 2.24) is 5.32 Å². The first-order valence-corrected chi connectivity index (χ1v) is 11.0. The SMILES string of the molecule is C#CCCCCNC(=S)Nc1ccc(O[C@H]2OC(CCSO)[C@@H](O)C(O)C2O)cc1. The summed E-state index contributed by atoms with van der Waals surface area (Å²) in [5.74, 6) is 3.33. The molecule has 166 valence electrons. The van der Waals surface area contributed by atoms with Gasteiger partial charge in [-0.05, 0) is 67.8 Å². The molecule has 1 aromatic carbocycles. The third kappa shape index (κ3) is 7.59. The van der Waals surface area contributed by atoms with Crippen LogP contribution in [0.15, 0.2) is 24.3 Å². The molecule has 1 aromatic rings. The third-order valence-electron chi connectivity index (χ3n) is 4.56. The summed E-state index contributed by atoms with van der Waals surface area (Å²) in [6.07, 6.45) is 2.12. The van der Waals surface area contributed by atoms with Gasteiger partial charge in [0.2, 0.25) is 6.29 Å². The highest BCUT2D eigenvalue weighted by Gasteiger charge is 2.44. The van der Waals surface area contributed by atoms with Crippen molar-refractivity contribution in [1.29, 1.82) is 0 Å². The van der Waals surface area contributed by atoms with Gasteiger partial charge >= 0.3 is 0 Å². The van der Waals surface area contributed by atoms with Gasteiger partial charge < -0.3 is 40.0 Å². The Morgan fingerprint density at radius 2 is 1.90 bits per heavy atom. The van der Waals surface area contributed by atoms with Gasteiger partial charge in [0.05, 0.1) is 6.10 Å². The maximum Gasteiger partial charge on any atom is 0.229 e. The number of hydrogen-bond acceptors (Lipinski definition) is 8. The van der Waals surface area contributed by atoms with E-state index in [1.165, 1.54) is 0 Å². The summed E-state index contributed by atoms with van der Waals surface area (Å²) < 4.78 is 20.1. The summed E-state index contributed by atoms with van der Waals surface area (Å²) in [5.41, 5.74) is 0.752. The van der Waals surface area contributed by atoms with Gasteiger partial charge in [-0.1, -0.05) is 0 Å². The molecular weight excluding hydrogens is 428 g/mol. The van der Waals surface area contributed by atoms with Crippen molar-refractivity contribution >= 4 is 35.1 Å². The van der Waals surface area contributed by atoms with Gasteiger partial charge in [0.15, 0.2) is 5.11 Å². The molecule has 8 nitrogen and oxygen atoms in total. The molecule has 2 rings (SSSR count). The molecule has 1 saturated heterocycles. The lowest BCUT2D eigenvalue weighted by atomic mass is 9.97. The number of rotatable bonds is 10. The van der Waals surface area contributed by atoms with Gasteiger partial charge in [-0.2, -0.15) is 0 Å². The fourth-order valence-corrected chi connectivity index (χ4v) is 3.46. The molecule has 0 radical (unpaired) electrons. The number of nitrogens with one attached hydrogen (secondary N) is 2. The van der Waals surface area contributed by atoms with Crippen molar-refractivity contribution in [3.63, 3.8) is 0 Å². The first kappa shape index (κ1) is 24.7. The average Bonchev–Trinajstić information content (AvgIpc) is 2.74. The minimum absolute atomic E-state index is 0.294. The second-order valence-electron chi connectivity index (χ2n) is 6.82. The van der Waals surface area contributed by atoms with Gasteiger partial charge in [-0.15, -0.1) is 12.3 Å². The summed E-state index contributed by atoms with van der Waals surface area (Å²) in [6.45, 7) is 0.732. The molecule has 1 heterocycles. The van der Waals surface area contributed by atoms with Crippen LogP contribution < -0.4 is 15.4 Å². The number of hydrogen-bond donors (Lipinski definition) is 6. The molecule has 0 amide bonds. The Hall–Kier alpha value is -1.58. The zero-order chi connectivity index (χ0) is 21.9. The lowest BCUT2D eigenvalue weighted by Gasteiger charge is -2.40. The van der Waals surface area contributed by atoms with Crippen LogP contribution in [-0.2, 0) is 4.74 Å². The van der Waals surface area contributed by atoms with Crippen LogP contribution in [0.5, 0.6) is 5.75 Å². The average molecular weight is 457 g/mol. The van der Waals surface area contributed by atoms with Crippen LogP contribution in [0, 0.1) is 12.3 Å². The van der Waals surface area contributed by atoms with E-state index in [9.17, 15) is 15.3 Å². The Labute approximate surface area is 186 Å². The Balaban J connectivity index is 1.85. The van der Waals surface area contributed by atoms with E-state index in [-0.39, 0.29) is 0 Å². The third-order valence-corrected chi connectivity index (χ3v) is 5.22. The van der Waals surface area contributed by atoms with E-state index in [0.29, 0.717) is 35.1 Å². The quantitative estimate of drug-likeness (QED) is 0.134. The van der Waals surface area contributed by atoms with Gasteiger partial charge in [-0.25, -0.2) is 0 Å². The Kier molecular flexibility index (Phi) is 10.7. The lowest BCUT2D eigenvalue weighted by molar-refractivity contribution is -0.272. The van der Waals surface area contributed by atoms with Crippen LogP contribution in [0.2, 0.25) is 0 Å². The van der Waals surface area contributed by atoms with E-state index >= 15 is 0 Å². The molecule has 10 heteroatoms. The van der Waals surface area contributed by atoms with Gasteiger partial charge in [-0.3, -0.25) is 0 Å². The van der Waals surface area contributed by atoms with Crippen LogP contribution in [0.1, 0.15) is 25.7 Å². The Morgan fingerprint density at radius 3 is 2.57 bits per heavy atom. The maximum atomic E-state index is 10.2. The van der Waals surface area contributed by atoms with Crippen LogP contribution >= 0.6 is 24.3 Å². The number of unbranched alkanes of at least 4 members (excludes halogenated alkanes) is 2. The number of aliphatic hydroxyl groups excluding tert-OH is 3. The molecule has 1 aliphatic rings. The fraction of sp³-hybridized carbons (Fsp3) is 0.550. The summed E-state index contributed by atoms with van der Waals surface area (Å²) in [6, 6.07) is 6.85. The maximum absolute atomic E-state index is 10.2. The number of anilines is 1. The first-order valence-electron chi connectivity index (χ1n) is 9.67. The molecule has 0 saturated carbocycles. The predicted octanol–water partition coefficient (Wildman–Crippen LogP) is 1.56. The van der Waals surface area contributed by atoms with Crippen molar-refractivity contribution in [2.24, 2.45) is 0 Å². The van der Waals surface area contributed by atoms with Gasteiger partial charge in [0.1, 0.15) is 24.1 Å². The topological polar surface area (TPSA) is 123 Å². The largest absolute Gasteiger partial charge is 0.462 e. The van der Waals surface area contributed by atoms with E-state index in [1.807, 2.05) is 0 Å². The molecule has 3 unspecified atom stereocenters. The van der Waals surface area contributed by atoms with E-state index in [2.05, 4.69) is 16.6 Å². The van der Waals surface area contributed by atoms with E-state index in [0.717, 1.165) is 31.5 Å². The minimum Gasteiger partial charge on any atom is -0.462 e. The van der Waals surface area contributed by atoms with Crippen LogP contribution in [0.3, 0.4) is 0 Å². The zero-order valence-electron chi connectivity index (χ0n) is 16.4. The molecule has 1 fully saturated rings. The molecule has 0 spiro atoms. The first-order chi connectivity index (χ1) is 14.5. The van der Waals surface area contributed by atoms with Crippen molar-refractivity contribution in [2.45, 2.75) is 56.4 Å². The number of terminal acetylenes is 1. The normalized spacial score (nSPS) is 25.9. The lowest BCUT2D eigenvalue weighted by Crippen LogP contribution is -2.59. The van der Waals surface area contributed by atoms with Crippen LogP contribution in [0.25, 0.3) is 0 Å². The Morgan fingerprint density at radius 1 is 1.17 bits per heavy atom. The molecule has 0 aliphatic carbocycles. The second-order valence-corrected chi connectivity index (χ2v) is 7.90. The second kappa shape index (κ2) is 13.0. The van der Waals surface area contributed by atoms with Crippen molar-refractivity contribution < 1.29 is 29.3 Å². The number of benzene rings is 1. The van der Waals surface area contributed by atoms with Gasteiger partial charge in [0.25, 0.3) is 0 Å². The highest BCUT2D eigenvalue weighted by Crippen LogP contribution is 2.27. The molecule has 6 N–H and O–H groups in total. The number of thiocarbonyl (C=S) groups is 1. The summed E-state index contributed by atoms with van der Waals surface area (Å²) in [5, 5.41) is 36.9. The monoisotopic (exact) mass is 456 g/mol. The minimum atomic E-state index is -1.41. The fourth-order valence-electron chi connectivity index (χ4n) is 2.90. The summed E-state index contributed by atoms with van der Waals surface area (Å²) in [4.78, 5) is 0. The highest BCUT2D eigenvalue weighted by atomic mass is 32.2. The Bertz CT molecular complexity index is 700. The smallest absolute Gasteiger partial charge is 0.229 e. The molecule has 1 aliphatic heterocycles. The molecule has 0 bridgehead atoms. The molecular formula is C20H28N2O6S2. The molecule has 30 heavy (non-hydrogen) atoms. The predicted molar refractivity (Wildman–Crippen MR) is 120 cm³/mol. The summed E-state index contributed by atoms with van der Waals surface area (Å²) >= 11 is 5.86. The molecule has 0 aromatic heterocycles. The summed E-state index contributed by atoms with van der Waals surface area (Å²) in [7, 11) is 0. The zero-order valence-corrected chi connectivity index (χ0v) is 18.1. The van der Waals surface area contributed by atoms with E-state index in [1.54, 1.807) is 24.3 Å². The number of ether oxygens (including phenoxy) is 2. The van der Waals surface area contributed by atoms with E-state index < -0.39 is 30.7 Å². The van der Waals surface area contributed by atoms with E-state index in [4.69, 9.17) is 32.7 Å². The van der Waals surface area contributed by atoms with Crippen molar-refractivity contribution in [3.8, 4) is 18.1 Å². The van der Waals surface area contributed by atoms with Gasteiger partial charge in [0, 0.05) is 24.4 Å². The number of aliphatic hydroxyl groups is 3.